The van der Waals surface area contributed by atoms with Crippen molar-refractivity contribution < 1.29 is 4.74 Å². The predicted molar refractivity (Wildman–Crippen MR) is 84.2 cm³/mol. The van der Waals surface area contributed by atoms with Crippen molar-refractivity contribution >= 4 is 0 Å². The summed E-state index contributed by atoms with van der Waals surface area (Å²) in [4.78, 5) is 5.09. The third kappa shape index (κ3) is 4.93. The first-order valence-corrected chi connectivity index (χ1v) is 8.37. The number of nitrogens with zero attached hydrogens (tertiary/aromatic N) is 3. The standard InChI is InChI=1S/C16H30N4O/c1-3-6-18-16(2,14-17)5-8-19-7-4-15(13-19)20-9-11-21-12-10-20/h15,18H,3-13H2,1-2H3. The molecule has 0 aromatic carbocycles. The topological polar surface area (TPSA) is 51.5 Å². The number of hydrogen-bond acceptors (Lipinski definition) is 5. The largest absolute Gasteiger partial charge is 0.379 e. The molecule has 2 rings (SSSR count). The van der Waals surface area contributed by atoms with Crippen LogP contribution in [0.1, 0.15) is 33.1 Å². The molecule has 0 aromatic heterocycles. The van der Waals surface area contributed by atoms with Crippen molar-refractivity contribution in [3.05, 3.63) is 0 Å². The lowest BCUT2D eigenvalue weighted by Gasteiger charge is -2.32. The molecule has 1 N–H and O–H groups in total. The van der Waals surface area contributed by atoms with E-state index < -0.39 is 0 Å². The molecule has 2 saturated heterocycles. The van der Waals surface area contributed by atoms with E-state index in [0.29, 0.717) is 6.04 Å². The molecule has 5 nitrogen and oxygen atoms in total. The minimum Gasteiger partial charge on any atom is -0.379 e. The molecule has 2 aliphatic rings. The van der Waals surface area contributed by atoms with Gasteiger partial charge >= 0.3 is 0 Å². The van der Waals surface area contributed by atoms with E-state index in [2.05, 4.69) is 28.1 Å². The maximum atomic E-state index is 9.39. The Morgan fingerprint density at radius 2 is 2.10 bits per heavy atom. The molecule has 0 spiro atoms. The molecule has 2 heterocycles. The second-order valence-corrected chi connectivity index (χ2v) is 6.51. The number of likely N-dealkylation sites (tertiary alicyclic amines) is 1. The van der Waals surface area contributed by atoms with E-state index in [1.807, 2.05) is 6.92 Å². The first-order valence-electron chi connectivity index (χ1n) is 8.37. The van der Waals surface area contributed by atoms with Gasteiger partial charge in [-0.2, -0.15) is 5.26 Å². The zero-order valence-corrected chi connectivity index (χ0v) is 13.6. The van der Waals surface area contributed by atoms with E-state index in [1.54, 1.807) is 0 Å². The van der Waals surface area contributed by atoms with Gasteiger partial charge in [0, 0.05) is 32.2 Å². The van der Waals surface area contributed by atoms with Gasteiger partial charge in [-0.1, -0.05) is 6.92 Å². The van der Waals surface area contributed by atoms with Crippen LogP contribution in [0.4, 0.5) is 0 Å². The van der Waals surface area contributed by atoms with E-state index in [0.717, 1.165) is 65.3 Å². The van der Waals surface area contributed by atoms with Crippen LogP contribution in [0.25, 0.3) is 0 Å². The summed E-state index contributed by atoms with van der Waals surface area (Å²) in [6.07, 6.45) is 3.23. The molecule has 0 saturated carbocycles. The van der Waals surface area contributed by atoms with Crippen LogP contribution in [0.2, 0.25) is 0 Å². The van der Waals surface area contributed by atoms with Crippen LogP contribution in [-0.2, 0) is 4.74 Å². The van der Waals surface area contributed by atoms with Gasteiger partial charge in [0.05, 0.1) is 19.3 Å². The molecular formula is C16H30N4O. The molecule has 0 aromatic rings. The zero-order valence-electron chi connectivity index (χ0n) is 13.6. The lowest BCUT2D eigenvalue weighted by Crippen LogP contribution is -2.46. The van der Waals surface area contributed by atoms with Gasteiger partial charge in [-0.3, -0.25) is 10.2 Å². The van der Waals surface area contributed by atoms with Crippen LogP contribution in [0.15, 0.2) is 0 Å². The first-order chi connectivity index (χ1) is 10.2. The second-order valence-electron chi connectivity index (χ2n) is 6.51. The maximum Gasteiger partial charge on any atom is 0.105 e. The van der Waals surface area contributed by atoms with Crippen LogP contribution in [0, 0.1) is 11.3 Å². The van der Waals surface area contributed by atoms with Gasteiger partial charge in [-0.25, -0.2) is 0 Å². The highest BCUT2D eigenvalue weighted by Gasteiger charge is 2.30. The number of rotatable bonds is 7. The fourth-order valence-electron chi connectivity index (χ4n) is 3.22. The Morgan fingerprint density at radius 3 is 2.76 bits per heavy atom. The number of hydrogen-bond donors (Lipinski definition) is 1. The Bertz CT molecular complexity index is 351. The summed E-state index contributed by atoms with van der Waals surface area (Å²) >= 11 is 0. The molecular weight excluding hydrogens is 264 g/mol. The van der Waals surface area contributed by atoms with Crippen molar-refractivity contribution in [1.29, 1.82) is 5.26 Å². The molecule has 21 heavy (non-hydrogen) atoms. The SMILES string of the molecule is CCCNC(C)(C#N)CCN1CCC(N2CCOCC2)C1. The van der Waals surface area contributed by atoms with Gasteiger partial charge < -0.3 is 9.64 Å². The van der Waals surface area contributed by atoms with Crippen molar-refractivity contribution in [3.8, 4) is 6.07 Å². The van der Waals surface area contributed by atoms with Gasteiger partial charge in [0.1, 0.15) is 5.54 Å². The highest BCUT2D eigenvalue weighted by atomic mass is 16.5. The third-order valence-corrected chi connectivity index (χ3v) is 4.75. The first kappa shape index (κ1) is 16.7. The zero-order chi connectivity index (χ0) is 15.1. The summed E-state index contributed by atoms with van der Waals surface area (Å²) in [7, 11) is 0. The number of morpholine rings is 1. The maximum absolute atomic E-state index is 9.39. The molecule has 0 bridgehead atoms. The van der Waals surface area contributed by atoms with E-state index in [1.165, 1.54) is 6.42 Å². The molecule has 2 atom stereocenters. The Balaban J connectivity index is 1.73. The monoisotopic (exact) mass is 294 g/mol. The van der Waals surface area contributed by atoms with Gasteiger partial charge in [0.25, 0.3) is 0 Å². The average Bonchev–Trinajstić information content (AvgIpc) is 3.01. The minimum absolute atomic E-state index is 0.382. The summed E-state index contributed by atoms with van der Waals surface area (Å²) in [5, 5.41) is 12.8. The van der Waals surface area contributed by atoms with Crippen molar-refractivity contribution in [3.63, 3.8) is 0 Å². The molecule has 2 unspecified atom stereocenters. The lowest BCUT2D eigenvalue weighted by atomic mass is 9.99. The predicted octanol–water partition coefficient (Wildman–Crippen LogP) is 1.06. The molecule has 0 aliphatic carbocycles. The summed E-state index contributed by atoms with van der Waals surface area (Å²) < 4.78 is 5.43. The van der Waals surface area contributed by atoms with Gasteiger partial charge in [0.2, 0.25) is 0 Å². The van der Waals surface area contributed by atoms with E-state index >= 15 is 0 Å². The lowest BCUT2D eigenvalue weighted by molar-refractivity contribution is 0.0184. The second kappa shape index (κ2) is 8.09. The Hall–Kier alpha value is -0.670. The van der Waals surface area contributed by atoms with Gasteiger partial charge in [-0.15, -0.1) is 0 Å². The van der Waals surface area contributed by atoms with Crippen molar-refractivity contribution in [2.45, 2.75) is 44.7 Å². The van der Waals surface area contributed by atoms with Crippen molar-refractivity contribution in [2.75, 3.05) is 52.5 Å². The molecule has 0 amide bonds. The Morgan fingerprint density at radius 1 is 1.33 bits per heavy atom. The van der Waals surface area contributed by atoms with Gasteiger partial charge in [-0.05, 0) is 39.3 Å². The molecule has 2 aliphatic heterocycles. The summed E-state index contributed by atoms with van der Waals surface area (Å²) in [5.74, 6) is 0. The number of nitriles is 1. The van der Waals surface area contributed by atoms with Crippen LogP contribution in [0.5, 0.6) is 0 Å². The molecule has 0 radical (unpaired) electrons. The van der Waals surface area contributed by atoms with E-state index in [-0.39, 0.29) is 5.54 Å². The van der Waals surface area contributed by atoms with Crippen LogP contribution in [-0.4, -0.2) is 73.9 Å². The van der Waals surface area contributed by atoms with Crippen LogP contribution >= 0.6 is 0 Å². The molecule has 2 fully saturated rings. The highest BCUT2D eigenvalue weighted by molar-refractivity contribution is 5.04. The summed E-state index contributed by atoms with van der Waals surface area (Å²) in [5.41, 5.74) is -0.382. The molecule has 5 heteroatoms. The number of ether oxygens (including phenoxy) is 1. The van der Waals surface area contributed by atoms with Crippen LogP contribution in [0.3, 0.4) is 0 Å². The normalized spacial score (nSPS) is 27.4. The third-order valence-electron chi connectivity index (χ3n) is 4.75. The quantitative estimate of drug-likeness (QED) is 0.761. The molecule has 120 valence electrons. The van der Waals surface area contributed by atoms with Crippen molar-refractivity contribution in [2.24, 2.45) is 0 Å². The average molecular weight is 294 g/mol. The highest BCUT2D eigenvalue weighted by Crippen LogP contribution is 2.19. The Labute approximate surface area is 129 Å². The van der Waals surface area contributed by atoms with E-state index in [4.69, 9.17) is 4.74 Å². The smallest absolute Gasteiger partial charge is 0.105 e. The number of nitrogens with one attached hydrogen (secondary N) is 1. The fraction of sp³-hybridized carbons (Fsp3) is 0.938. The fourth-order valence-corrected chi connectivity index (χ4v) is 3.22. The van der Waals surface area contributed by atoms with E-state index in [9.17, 15) is 5.26 Å². The summed E-state index contributed by atoms with van der Waals surface area (Å²) in [6, 6.07) is 3.13. The minimum atomic E-state index is -0.382. The van der Waals surface area contributed by atoms with Crippen molar-refractivity contribution in [1.82, 2.24) is 15.1 Å². The van der Waals surface area contributed by atoms with Gasteiger partial charge in [0.15, 0.2) is 0 Å². The van der Waals surface area contributed by atoms with Crippen LogP contribution < -0.4 is 5.32 Å². The Kier molecular flexibility index (Phi) is 6.43. The summed E-state index contributed by atoms with van der Waals surface area (Å²) in [6.45, 7) is 12.3.